The van der Waals surface area contributed by atoms with E-state index in [1.807, 2.05) is 0 Å². The fourth-order valence-corrected chi connectivity index (χ4v) is 2.50. The van der Waals surface area contributed by atoms with Crippen LogP contribution in [0.4, 0.5) is 35.1 Å². The van der Waals surface area contributed by atoms with E-state index in [2.05, 4.69) is 15.0 Å². The number of halogens is 8. The second-order valence-corrected chi connectivity index (χ2v) is 5.44. The van der Waals surface area contributed by atoms with Gasteiger partial charge in [-0.05, 0) is 24.3 Å². The predicted molar refractivity (Wildman–Crippen MR) is 80.6 cm³/mol. The summed E-state index contributed by atoms with van der Waals surface area (Å²) in [4.78, 5) is 10.6. The summed E-state index contributed by atoms with van der Waals surface area (Å²) in [5.74, 6) is -3.24. The van der Waals surface area contributed by atoms with Crippen LogP contribution in [0.5, 0.6) is 0 Å². The molecule has 0 atom stereocenters. The summed E-state index contributed by atoms with van der Waals surface area (Å²) in [6.45, 7) is 0. The van der Waals surface area contributed by atoms with Crippen molar-refractivity contribution in [3.05, 3.63) is 65.5 Å². The predicted octanol–water partition coefficient (Wildman–Crippen LogP) is 5.52. The van der Waals surface area contributed by atoms with Gasteiger partial charge in [0.1, 0.15) is 34.1 Å². The minimum absolute atomic E-state index is 0.492. The van der Waals surface area contributed by atoms with Crippen LogP contribution in [0.25, 0.3) is 22.8 Å². The van der Waals surface area contributed by atoms with Gasteiger partial charge in [0.15, 0.2) is 0 Å². The van der Waals surface area contributed by atoms with Gasteiger partial charge in [-0.1, -0.05) is 6.07 Å². The van der Waals surface area contributed by atoms with Gasteiger partial charge >= 0.3 is 12.4 Å². The maximum Gasteiger partial charge on any atom is 0.421 e. The molecule has 0 fully saturated rings. The average molecular weight is 405 g/mol. The lowest BCUT2D eigenvalue weighted by atomic mass is 10.1. The second kappa shape index (κ2) is 6.80. The van der Waals surface area contributed by atoms with Crippen LogP contribution in [0.1, 0.15) is 11.1 Å². The van der Waals surface area contributed by atoms with Crippen molar-refractivity contribution in [2.45, 2.75) is 12.4 Å². The maximum atomic E-state index is 13.7. The molecule has 0 aromatic carbocycles. The Bertz CT molecular complexity index is 949. The van der Waals surface area contributed by atoms with E-state index < -0.39 is 57.9 Å². The Labute approximate surface area is 151 Å². The molecule has 0 spiro atoms. The standard InChI is InChI=1S/C17H7F8N3/c18-8-4-6-26-14(12(8)16(20,21)22)10-2-1-3-11(28-10)15-13(17(23,24)25)9(19)5-7-27-15/h1-7H. The lowest BCUT2D eigenvalue weighted by Crippen LogP contribution is -2.13. The summed E-state index contributed by atoms with van der Waals surface area (Å²) in [5, 5.41) is 0. The zero-order chi connectivity index (χ0) is 20.7. The van der Waals surface area contributed by atoms with Gasteiger partial charge < -0.3 is 0 Å². The number of hydrogen-bond acceptors (Lipinski definition) is 3. The first-order valence-electron chi connectivity index (χ1n) is 7.41. The zero-order valence-electron chi connectivity index (χ0n) is 13.4. The molecule has 3 aromatic heterocycles. The molecule has 3 heterocycles. The van der Waals surface area contributed by atoms with E-state index in [0.29, 0.717) is 12.1 Å². The average Bonchev–Trinajstić information content (AvgIpc) is 2.59. The Morgan fingerprint density at radius 3 is 1.36 bits per heavy atom. The molecule has 3 nitrogen and oxygen atoms in total. The van der Waals surface area contributed by atoms with E-state index in [9.17, 15) is 35.1 Å². The third-order valence-electron chi connectivity index (χ3n) is 3.60. The van der Waals surface area contributed by atoms with E-state index in [0.717, 1.165) is 30.6 Å². The van der Waals surface area contributed by atoms with Crippen LogP contribution in [-0.4, -0.2) is 15.0 Å². The Kier molecular flexibility index (Phi) is 4.77. The summed E-state index contributed by atoms with van der Waals surface area (Å²) < 4.78 is 106. The summed E-state index contributed by atoms with van der Waals surface area (Å²) in [5.41, 5.74) is -6.38. The molecule has 3 rings (SSSR count). The van der Waals surface area contributed by atoms with Crippen LogP contribution in [0.3, 0.4) is 0 Å². The van der Waals surface area contributed by atoms with Crippen LogP contribution in [0.15, 0.2) is 42.7 Å². The highest BCUT2D eigenvalue weighted by Gasteiger charge is 2.40. The summed E-state index contributed by atoms with van der Waals surface area (Å²) in [6.07, 6.45) is -8.73. The Balaban J connectivity index is 2.23. The number of nitrogens with zero attached hydrogens (tertiary/aromatic N) is 3. The van der Waals surface area contributed by atoms with Crippen LogP contribution in [-0.2, 0) is 12.4 Å². The normalized spacial score (nSPS) is 12.3. The Hall–Kier alpha value is -3.11. The molecular formula is C17H7F8N3. The third kappa shape index (κ3) is 3.64. The second-order valence-electron chi connectivity index (χ2n) is 5.44. The van der Waals surface area contributed by atoms with Gasteiger partial charge in [-0.2, -0.15) is 26.3 Å². The monoisotopic (exact) mass is 405 g/mol. The number of pyridine rings is 3. The molecule has 0 aliphatic heterocycles. The highest BCUT2D eigenvalue weighted by atomic mass is 19.4. The molecule has 146 valence electrons. The van der Waals surface area contributed by atoms with Crippen molar-refractivity contribution in [3.63, 3.8) is 0 Å². The minimum Gasteiger partial charge on any atom is -0.254 e. The molecule has 28 heavy (non-hydrogen) atoms. The van der Waals surface area contributed by atoms with Gasteiger partial charge in [0.05, 0.1) is 11.4 Å². The largest absolute Gasteiger partial charge is 0.421 e. The van der Waals surface area contributed by atoms with Crippen LogP contribution in [0, 0.1) is 11.6 Å². The molecule has 0 N–H and O–H groups in total. The van der Waals surface area contributed by atoms with Crippen molar-refractivity contribution < 1.29 is 35.1 Å². The van der Waals surface area contributed by atoms with Crippen LogP contribution in [0.2, 0.25) is 0 Å². The fourth-order valence-electron chi connectivity index (χ4n) is 2.50. The number of rotatable bonds is 2. The molecule has 0 saturated heterocycles. The van der Waals surface area contributed by atoms with Crippen molar-refractivity contribution in [2.75, 3.05) is 0 Å². The van der Waals surface area contributed by atoms with Gasteiger partial charge in [0.25, 0.3) is 0 Å². The summed E-state index contributed by atoms with van der Waals surface area (Å²) >= 11 is 0. The summed E-state index contributed by atoms with van der Waals surface area (Å²) in [7, 11) is 0. The highest BCUT2D eigenvalue weighted by molar-refractivity contribution is 5.66. The smallest absolute Gasteiger partial charge is 0.254 e. The molecule has 0 saturated carbocycles. The number of alkyl halides is 6. The quantitative estimate of drug-likeness (QED) is 0.527. The molecule has 11 heteroatoms. The van der Waals surface area contributed by atoms with Crippen molar-refractivity contribution in [1.82, 2.24) is 15.0 Å². The van der Waals surface area contributed by atoms with Crippen LogP contribution >= 0.6 is 0 Å². The van der Waals surface area contributed by atoms with E-state index in [1.165, 1.54) is 0 Å². The number of hydrogen-bond donors (Lipinski definition) is 0. The molecule has 0 aliphatic rings. The van der Waals surface area contributed by atoms with Crippen molar-refractivity contribution in [3.8, 4) is 22.8 Å². The van der Waals surface area contributed by atoms with Crippen molar-refractivity contribution in [2.24, 2.45) is 0 Å². The molecule has 0 bridgehead atoms. The van der Waals surface area contributed by atoms with E-state index in [1.54, 1.807) is 0 Å². The molecule has 0 amide bonds. The first kappa shape index (κ1) is 19.6. The number of aromatic nitrogens is 3. The molecule has 0 unspecified atom stereocenters. The first-order chi connectivity index (χ1) is 13.0. The Morgan fingerprint density at radius 1 is 0.607 bits per heavy atom. The van der Waals surface area contributed by atoms with E-state index in [-0.39, 0.29) is 0 Å². The lowest BCUT2D eigenvalue weighted by Gasteiger charge is -2.14. The Morgan fingerprint density at radius 2 is 1.00 bits per heavy atom. The molecular weight excluding hydrogens is 398 g/mol. The zero-order valence-corrected chi connectivity index (χ0v) is 13.4. The van der Waals surface area contributed by atoms with Gasteiger partial charge in [0.2, 0.25) is 0 Å². The third-order valence-corrected chi connectivity index (χ3v) is 3.60. The maximum absolute atomic E-state index is 13.7. The summed E-state index contributed by atoms with van der Waals surface area (Å²) in [6, 6.07) is 4.08. The van der Waals surface area contributed by atoms with Crippen molar-refractivity contribution >= 4 is 0 Å². The minimum atomic E-state index is -5.13. The first-order valence-corrected chi connectivity index (χ1v) is 7.41. The topological polar surface area (TPSA) is 38.7 Å². The van der Waals surface area contributed by atoms with Gasteiger partial charge in [0, 0.05) is 12.4 Å². The van der Waals surface area contributed by atoms with Crippen LogP contribution < -0.4 is 0 Å². The lowest BCUT2D eigenvalue weighted by molar-refractivity contribution is -0.140. The van der Waals surface area contributed by atoms with E-state index in [4.69, 9.17) is 0 Å². The van der Waals surface area contributed by atoms with Gasteiger partial charge in [-0.15, -0.1) is 0 Å². The fraction of sp³-hybridized carbons (Fsp3) is 0.118. The van der Waals surface area contributed by atoms with Gasteiger partial charge in [-0.25, -0.2) is 13.8 Å². The van der Waals surface area contributed by atoms with E-state index >= 15 is 0 Å². The van der Waals surface area contributed by atoms with Gasteiger partial charge in [-0.3, -0.25) is 9.97 Å². The molecule has 0 radical (unpaired) electrons. The highest BCUT2D eigenvalue weighted by Crippen LogP contribution is 2.39. The van der Waals surface area contributed by atoms with Crippen molar-refractivity contribution in [1.29, 1.82) is 0 Å². The SMILES string of the molecule is Fc1ccnc(-c2cccc(-c3nccc(F)c3C(F)(F)F)n2)c1C(F)(F)F. The molecule has 0 aliphatic carbocycles. The molecule has 3 aromatic rings.